The molecule has 2 nitrogen and oxygen atoms in total. The van der Waals surface area contributed by atoms with Crippen LogP contribution in [0.25, 0.3) is 12.2 Å². The molecule has 0 unspecified atom stereocenters. The Hall–Kier alpha value is -1.83. The molecule has 0 amide bonds. The normalized spacial score (nSPS) is 13.2. The number of allylic oxidation sites excluding steroid dienone is 2. The van der Waals surface area contributed by atoms with Crippen LogP contribution in [0.2, 0.25) is 0 Å². The minimum absolute atomic E-state index is 0.0852. The summed E-state index contributed by atoms with van der Waals surface area (Å²) in [4.78, 5) is 14.3. The SMILES string of the molecule is C=C/C=c1/c(C(C)C)cc(=O)[nH]/c1=C/C=C. The lowest BCUT2D eigenvalue weighted by Crippen LogP contribution is -2.37. The van der Waals surface area contributed by atoms with Crippen molar-refractivity contribution in [2.75, 3.05) is 0 Å². The second-order valence-corrected chi connectivity index (χ2v) is 3.88. The van der Waals surface area contributed by atoms with Crippen molar-refractivity contribution in [3.8, 4) is 0 Å². The molecule has 0 bridgehead atoms. The predicted molar refractivity (Wildman–Crippen MR) is 69.7 cm³/mol. The third kappa shape index (κ3) is 2.60. The third-order valence-electron chi connectivity index (χ3n) is 2.34. The summed E-state index contributed by atoms with van der Waals surface area (Å²) in [5.41, 5.74) is 0.940. The van der Waals surface area contributed by atoms with Crippen molar-refractivity contribution in [3.63, 3.8) is 0 Å². The lowest BCUT2D eigenvalue weighted by molar-refractivity contribution is 0.846. The molecule has 1 aromatic rings. The first kappa shape index (κ1) is 12.2. The van der Waals surface area contributed by atoms with Gasteiger partial charge in [0.2, 0.25) is 5.56 Å². The lowest BCUT2D eigenvalue weighted by Gasteiger charge is -2.06. The van der Waals surface area contributed by atoms with E-state index in [0.29, 0.717) is 5.92 Å². The second-order valence-electron chi connectivity index (χ2n) is 3.88. The van der Waals surface area contributed by atoms with E-state index in [4.69, 9.17) is 0 Å². The smallest absolute Gasteiger partial charge is 0.248 e. The molecule has 0 aromatic carbocycles. The van der Waals surface area contributed by atoms with Gasteiger partial charge in [-0.15, -0.1) is 0 Å². The molecular weight excluding hydrogens is 198 g/mol. The van der Waals surface area contributed by atoms with Crippen LogP contribution in [0.3, 0.4) is 0 Å². The van der Waals surface area contributed by atoms with Gasteiger partial charge >= 0.3 is 0 Å². The molecule has 1 heterocycles. The van der Waals surface area contributed by atoms with E-state index < -0.39 is 0 Å². The van der Waals surface area contributed by atoms with Crippen molar-refractivity contribution in [1.82, 2.24) is 4.98 Å². The number of hydrogen-bond donors (Lipinski definition) is 1. The maximum Gasteiger partial charge on any atom is 0.248 e. The molecule has 1 aromatic heterocycles. The summed E-state index contributed by atoms with van der Waals surface area (Å²) in [6, 6.07) is 1.64. The molecule has 0 aliphatic heterocycles. The summed E-state index contributed by atoms with van der Waals surface area (Å²) in [5.74, 6) is 0.297. The molecule has 1 N–H and O–H groups in total. The number of hydrogen-bond acceptors (Lipinski definition) is 1. The lowest BCUT2D eigenvalue weighted by atomic mass is 10.0. The van der Waals surface area contributed by atoms with Gasteiger partial charge in [-0.05, 0) is 17.6 Å². The van der Waals surface area contributed by atoms with Gasteiger partial charge in [-0.3, -0.25) is 4.79 Å². The summed E-state index contributed by atoms with van der Waals surface area (Å²) >= 11 is 0. The summed E-state index contributed by atoms with van der Waals surface area (Å²) in [6.45, 7) is 11.5. The highest BCUT2D eigenvalue weighted by Gasteiger charge is 2.03. The van der Waals surface area contributed by atoms with Gasteiger partial charge in [-0.1, -0.05) is 45.2 Å². The summed E-state index contributed by atoms with van der Waals surface area (Å²) in [7, 11) is 0. The molecule has 0 spiro atoms. The van der Waals surface area contributed by atoms with Gasteiger partial charge < -0.3 is 4.98 Å². The Balaban J connectivity index is 3.83. The molecule has 1 rings (SSSR count). The van der Waals surface area contributed by atoms with Crippen molar-refractivity contribution in [3.05, 3.63) is 57.9 Å². The van der Waals surface area contributed by atoms with Crippen LogP contribution >= 0.6 is 0 Å². The Kier molecular flexibility index (Phi) is 4.06. The van der Waals surface area contributed by atoms with E-state index >= 15 is 0 Å². The van der Waals surface area contributed by atoms with Gasteiger partial charge in [-0.25, -0.2) is 0 Å². The van der Waals surface area contributed by atoms with E-state index in [9.17, 15) is 4.79 Å². The highest BCUT2D eigenvalue weighted by molar-refractivity contribution is 5.43. The second kappa shape index (κ2) is 5.31. The first-order chi connectivity index (χ1) is 7.60. The molecule has 2 heteroatoms. The molecule has 0 saturated carbocycles. The fourth-order valence-corrected chi connectivity index (χ4v) is 1.64. The van der Waals surface area contributed by atoms with E-state index in [1.165, 1.54) is 0 Å². The Morgan fingerprint density at radius 3 is 2.38 bits per heavy atom. The molecule has 0 saturated heterocycles. The van der Waals surface area contributed by atoms with Crippen molar-refractivity contribution in [2.24, 2.45) is 0 Å². The van der Waals surface area contributed by atoms with Gasteiger partial charge in [0, 0.05) is 16.6 Å². The van der Waals surface area contributed by atoms with Gasteiger partial charge in [0.05, 0.1) is 0 Å². The van der Waals surface area contributed by atoms with E-state index in [-0.39, 0.29) is 5.56 Å². The number of pyridine rings is 1. The Labute approximate surface area is 95.3 Å². The quantitative estimate of drug-likeness (QED) is 0.813. The number of nitrogens with one attached hydrogen (secondary N) is 1. The molecule has 16 heavy (non-hydrogen) atoms. The average Bonchev–Trinajstić information content (AvgIpc) is 2.21. The van der Waals surface area contributed by atoms with E-state index in [0.717, 1.165) is 16.1 Å². The minimum atomic E-state index is -0.0852. The fourth-order valence-electron chi connectivity index (χ4n) is 1.64. The van der Waals surface area contributed by atoms with E-state index in [1.807, 2.05) is 6.08 Å². The fraction of sp³-hybridized carbons (Fsp3) is 0.214. The monoisotopic (exact) mass is 215 g/mol. The minimum Gasteiger partial charge on any atom is -0.322 e. The highest BCUT2D eigenvalue weighted by Crippen LogP contribution is 2.05. The summed E-state index contributed by atoms with van der Waals surface area (Å²) in [6.07, 6.45) is 7.08. The topological polar surface area (TPSA) is 32.9 Å². The average molecular weight is 215 g/mol. The molecule has 0 aliphatic rings. The van der Waals surface area contributed by atoms with Gasteiger partial charge in [0.25, 0.3) is 0 Å². The van der Waals surface area contributed by atoms with Crippen LogP contribution in [0.1, 0.15) is 25.3 Å². The number of aromatic nitrogens is 1. The van der Waals surface area contributed by atoms with E-state index in [2.05, 4.69) is 32.0 Å². The van der Waals surface area contributed by atoms with Crippen molar-refractivity contribution >= 4 is 12.2 Å². The zero-order valence-electron chi connectivity index (χ0n) is 9.79. The molecule has 0 fully saturated rings. The van der Waals surface area contributed by atoms with E-state index in [1.54, 1.807) is 24.3 Å². The van der Waals surface area contributed by atoms with Crippen molar-refractivity contribution < 1.29 is 0 Å². The van der Waals surface area contributed by atoms with Crippen LogP contribution in [-0.4, -0.2) is 4.98 Å². The number of H-pyrrole nitrogens is 1. The largest absolute Gasteiger partial charge is 0.322 e. The van der Waals surface area contributed by atoms with Crippen LogP contribution in [0.15, 0.2) is 36.2 Å². The zero-order valence-corrected chi connectivity index (χ0v) is 9.79. The van der Waals surface area contributed by atoms with Crippen LogP contribution in [0, 0.1) is 0 Å². The van der Waals surface area contributed by atoms with Crippen LogP contribution in [0.5, 0.6) is 0 Å². The van der Waals surface area contributed by atoms with Crippen molar-refractivity contribution in [2.45, 2.75) is 19.8 Å². The number of rotatable bonds is 3. The first-order valence-corrected chi connectivity index (χ1v) is 5.29. The van der Waals surface area contributed by atoms with Crippen molar-refractivity contribution in [1.29, 1.82) is 0 Å². The standard InChI is InChI=1S/C14H17NO/c1-5-7-11-12(10(3)4)9-14(16)15-13(11)8-6-2/h5-10H,1-2H2,3-4H3,(H,15,16)/b11-7-,13-8+. The molecule has 84 valence electrons. The van der Waals surface area contributed by atoms with Crippen LogP contribution < -0.4 is 16.1 Å². The predicted octanol–water partition coefficient (Wildman–Crippen LogP) is 1.43. The Bertz CT molecular complexity index is 561. The van der Waals surface area contributed by atoms with Gasteiger partial charge in [0.15, 0.2) is 0 Å². The van der Waals surface area contributed by atoms with Crippen LogP contribution in [-0.2, 0) is 0 Å². The van der Waals surface area contributed by atoms with Gasteiger partial charge in [0.1, 0.15) is 0 Å². The summed E-state index contributed by atoms with van der Waals surface area (Å²) in [5, 5.41) is 1.79. The molecule has 0 atom stereocenters. The van der Waals surface area contributed by atoms with Gasteiger partial charge in [-0.2, -0.15) is 0 Å². The maximum absolute atomic E-state index is 11.5. The molecular formula is C14H17NO. The molecule has 0 radical (unpaired) electrons. The third-order valence-corrected chi connectivity index (χ3v) is 2.34. The Morgan fingerprint density at radius 2 is 1.88 bits per heavy atom. The maximum atomic E-state index is 11.5. The molecule has 0 aliphatic carbocycles. The zero-order chi connectivity index (χ0) is 12.1. The Morgan fingerprint density at radius 1 is 1.25 bits per heavy atom. The highest BCUT2D eigenvalue weighted by atomic mass is 16.1. The van der Waals surface area contributed by atoms with Crippen LogP contribution in [0.4, 0.5) is 0 Å². The number of aromatic amines is 1. The summed E-state index contributed by atoms with van der Waals surface area (Å²) < 4.78 is 0. The first-order valence-electron chi connectivity index (χ1n) is 5.29.